The summed E-state index contributed by atoms with van der Waals surface area (Å²) in [5.41, 5.74) is 6.77. The van der Waals surface area contributed by atoms with Crippen molar-refractivity contribution in [1.29, 1.82) is 0 Å². The number of aromatic hydroxyl groups is 1. The molecule has 0 aliphatic rings. The molecule has 0 fully saturated rings. The van der Waals surface area contributed by atoms with Crippen molar-refractivity contribution in [3.05, 3.63) is 28.3 Å². The van der Waals surface area contributed by atoms with Crippen molar-refractivity contribution in [3.8, 4) is 5.75 Å². The zero-order chi connectivity index (χ0) is 14.6. The second kappa shape index (κ2) is 6.73. The van der Waals surface area contributed by atoms with Gasteiger partial charge in [0.1, 0.15) is 11.5 Å². The monoisotopic (exact) mass is 307 g/mol. The minimum Gasteiger partial charge on any atom is -0.507 e. The van der Waals surface area contributed by atoms with E-state index >= 15 is 0 Å². The van der Waals surface area contributed by atoms with Crippen molar-refractivity contribution in [1.82, 2.24) is 0 Å². The van der Waals surface area contributed by atoms with Crippen LogP contribution in [0, 0.1) is 6.92 Å². The topological polar surface area (TPSA) is 81.8 Å². The second-order valence-corrected chi connectivity index (χ2v) is 6.57. The van der Waals surface area contributed by atoms with Crippen LogP contribution in [0.5, 0.6) is 5.75 Å². The maximum atomic E-state index is 12.6. The van der Waals surface area contributed by atoms with Crippen molar-refractivity contribution in [2.24, 2.45) is 5.73 Å². The van der Waals surface area contributed by atoms with E-state index < -0.39 is 13.4 Å². The van der Waals surface area contributed by atoms with Gasteiger partial charge in [-0.3, -0.25) is 4.57 Å². The second-order valence-electron chi connectivity index (χ2n) is 3.98. The molecule has 108 valence electrons. The van der Waals surface area contributed by atoms with Gasteiger partial charge in [0.15, 0.2) is 0 Å². The molecule has 0 heterocycles. The number of phenolic OH excluding ortho intramolecular Hbond substituents is 1. The van der Waals surface area contributed by atoms with Crippen LogP contribution in [0.1, 0.15) is 30.8 Å². The van der Waals surface area contributed by atoms with Crippen LogP contribution in [0.25, 0.3) is 0 Å². The predicted octanol–water partition coefficient (Wildman–Crippen LogP) is 3.58. The van der Waals surface area contributed by atoms with Crippen molar-refractivity contribution >= 4 is 19.2 Å². The van der Waals surface area contributed by atoms with Crippen LogP contribution in [0.4, 0.5) is 0 Å². The van der Waals surface area contributed by atoms with E-state index in [0.29, 0.717) is 10.6 Å². The summed E-state index contributed by atoms with van der Waals surface area (Å²) < 4.78 is 22.9. The van der Waals surface area contributed by atoms with Crippen molar-refractivity contribution < 1.29 is 18.7 Å². The van der Waals surface area contributed by atoms with Gasteiger partial charge in [0, 0.05) is 10.6 Å². The lowest BCUT2D eigenvalue weighted by atomic mass is 10.1. The standard InChI is InChI=1S/C12H19ClNO4P/c1-4-17-19(16,18-5-2)12(14)10-7-9(13)6-8(3)11(10)15/h6-7,12,15H,4-5,14H2,1-3H3/t12-/m0/s1. The summed E-state index contributed by atoms with van der Waals surface area (Å²) in [5, 5.41) is 10.4. The summed E-state index contributed by atoms with van der Waals surface area (Å²) in [6, 6.07) is 3.07. The van der Waals surface area contributed by atoms with E-state index in [1.165, 1.54) is 6.07 Å². The molecule has 0 radical (unpaired) electrons. The Bertz CT molecular complexity index is 485. The number of phenols is 1. The van der Waals surface area contributed by atoms with Gasteiger partial charge in [-0.15, -0.1) is 0 Å². The highest BCUT2D eigenvalue weighted by Gasteiger charge is 2.36. The third-order valence-electron chi connectivity index (χ3n) is 2.57. The van der Waals surface area contributed by atoms with Crippen LogP contribution >= 0.6 is 19.2 Å². The molecule has 0 saturated heterocycles. The zero-order valence-corrected chi connectivity index (χ0v) is 12.9. The summed E-state index contributed by atoms with van der Waals surface area (Å²) in [7, 11) is -3.54. The molecule has 0 saturated carbocycles. The van der Waals surface area contributed by atoms with Crippen LogP contribution in [0.3, 0.4) is 0 Å². The fourth-order valence-electron chi connectivity index (χ4n) is 1.72. The summed E-state index contributed by atoms with van der Waals surface area (Å²) in [5.74, 6) is -1.12. The molecule has 1 aromatic carbocycles. The van der Waals surface area contributed by atoms with Gasteiger partial charge in [0.05, 0.1) is 13.2 Å². The summed E-state index contributed by atoms with van der Waals surface area (Å²) in [4.78, 5) is 0. The Morgan fingerprint density at radius 1 is 1.37 bits per heavy atom. The number of halogens is 1. The maximum Gasteiger partial charge on any atom is 0.351 e. The Balaban J connectivity index is 3.24. The molecule has 1 atom stereocenters. The minimum atomic E-state index is -3.54. The Hall–Kier alpha value is -0.580. The first-order valence-corrected chi connectivity index (χ1v) is 7.98. The van der Waals surface area contributed by atoms with E-state index in [1.807, 2.05) is 0 Å². The Morgan fingerprint density at radius 3 is 2.37 bits per heavy atom. The number of benzene rings is 1. The molecule has 0 spiro atoms. The lowest BCUT2D eigenvalue weighted by Gasteiger charge is -2.24. The van der Waals surface area contributed by atoms with Crippen LogP contribution in [0.15, 0.2) is 12.1 Å². The third kappa shape index (κ3) is 3.71. The highest BCUT2D eigenvalue weighted by Crippen LogP contribution is 2.59. The summed E-state index contributed by atoms with van der Waals surface area (Å²) in [6.45, 7) is 5.48. The van der Waals surface area contributed by atoms with E-state index in [4.69, 9.17) is 26.4 Å². The number of rotatable bonds is 6. The van der Waals surface area contributed by atoms with Crippen molar-refractivity contribution in [3.63, 3.8) is 0 Å². The molecule has 0 amide bonds. The fourth-order valence-corrected chi connectivity index (χ4v) is 3.65. The molecule has 5 nitrogen and oxygen atoms in total. The average molecular weight is 308 g/mol. The van der Waals surface area contributed by atoms with Gasteiger partial charge in [0.25, 0.3) is 0 Å². The predicted molar refractivity (Wildman–Crippen MR) is 75.6 cm³/mol. The van der Waals surface area contributed by atoms with Crippen LogP contribution in [-0.2, 0) is 13.6 Å². The van der Waals surface area contributed by atoms with Crippen LogP contribution in [-0.4, -0.2) is 18.3 Å². The molecular formula is C12H19ClNO4P. The van der Waals surface area contributed by atoms with Gasteiger partial charge < -0.3 is 19.9 Å². The highest BCUT2D eigenvalue weighted by molar-refractivity contribution is 7.54. The van der Waals surface area contributed by atoms with E-state index in [1.54, 1.807) is 26.8 Å². The van der Waals surface area contributed by atoms with E-state index in [9.17, 15) is 9.67 Å². The number of hydrogen-bond acceptors (Lipinski definition) is 5. The first-order chi connectivity index (χ1) is 8.85. The Labute approximate surface area is 118 Å². The van der Waals surface area contributed by atoms with E-state index in [-0.39, 0.29) is 24.5 Å². The van der Waals surface area contributed by atoms with Gasteiger partial charge >= 0.3 is 7.60 Å². The van der Waals surface area contributed by atoms with Crippen molar-refractivity contribution in [2.75, 3.05) is 13.2 Å². The highest BCUT2D eigenvalue weighted by atomic mass is 35.5. The molecule has 0 aliphatic heterocycles. The lowest BCUT2D eigenvalue weighted by molar-refractivity contribution is 0.212. The normalized spacial score (nSPS) is 13.5. The first-order valence-electron chi connectivity index (χ1n) is 5.99. The minimum absolute atomic E-state index is 0.0449. The van der Waals surface area contributed by atoms with Crippen LogP contribution < -0.4 is 5.73 Å². The largest absolute Gasteiger partial charge is 0.507 e. The molecule has 0 aliphatic carbocycles. The molecule has 0 bridgehead atoms. The van der Waals surface area contributed by atoms with E-state index in [0.717, 1.165) is 0 Å². The van der Waals surface area contributed by atoms with Gasteiger partial charge in [-0.05, 0) is 38.5 Å². The molecular weight excluding hydrogens is 289 g/mol. The Morgan fingerprint density at radius 2 is 1.89 bits per heavy atom. The molecule has 7 heteroatoms. The van der Waals surface area contributed by atoms with Gasteiger partial charge in [-0.25, -0.2) is 0 Å². The molecule has 0 unspecified atom stereocenters. The smallest absolute Gasteiger partial charge is 0.351 e. The fraction of sp³-hybridized carbons (Fsp3) is 0.500. The zero-order valence-electron chi connectivity index (χ0n) is 11.2. The third-order valence-corrected chi connectivity index (χ3v) is 4.99. The Kier molecular flexibility index (Phi) is 5.83. The van der Waals surface area contributed by atoms with Gasteiger partial charge in [-0.1, -0.05) is 11.6 Å². The quantitative estimate of drug-likeness (QED) is 0.785. The van der Waals surface area contributed by atoms with Crippen molar-refractivity contribution in [2.45, 2.75) is 26.6 Å². The number of hydrogen-bond donors (Lipinski definition) is 2. The summed E-state index contributed by atoms with van der Waals surface area (Å²) >= 11 is 5.93. The first kappa shape index (κ1) is 16.5. The SMILES string of the molecule is CCOP(=O)(OCC)[C@H](N)c1cc(Cl)cc(C)c1O. The number of aryl methyl sites for hydroxylation is 1. The van der Waals surface area contributed by atoms with E-state index in [2.05, 4.69) is 0 Å². The molecule has 3 N–H and O–H groups in total. The molecule has 1 rings (SSSR count). The lowest BCUT2D eigenvalue weighted by Crippen LogP contribution is -2.15. The molecule has 19 heavy (non-hydrogen) atoms. The molecule has 0 aromatic heterocycles. The summed E-state index contributed by atoms with van der Waals surface area (Å²) in [6.07, 6.45) is 0. The molecule has 1 aromatic rings. The van der Waals surface area contributed by atoms with Crippen LogP contribution in [0.2, 0.25) is 5.02 Å². The van der Waals surface area contributed by atoms with Gasteiger partial charge in [0.2, 0.25) is 0 Å². The number of nitrogens with two attached hydrogens (primary N) is 1. The average Bonchev–Trinajstić information content (AvgIpc) is 2.33. The maximum absolute atomic E-state index is 12.6. The van der Waals surface area contributed by atoms with Gasteiger partial charge in [-0.2, -0.15) is 0 Å².